The van der Waals surface area contributed by atoms with Crippen LogP contribution >= 0.6 is 23.5 Å². The second kappa shape index (κ2) is 18.0. The van der Waals surface area contributed by atoms with Gasteiger partial charge >= 0.3 is 11.9 Å². The van der Waals surface area contributed by atoms with Gasteiger partial charge in [0.1, 0.15) is 24.6 Å². The molecule has 0 aliphatic carbocycles. The molecule has 2 saturated heterocycles. The predicted octanol–water partition coefficient (Wildman–Crippen LogP) is 3.02. The van der Waals surface area contributed by atoms with Gasteiger partial charge in [0.2, 0.25) is 11.8 Å². The summed E-state index contributed by atoms with van der Waals surface area (Å²) in [7, 11) is 0. The molecule has 57 heavy (non-hydrogen) atoms. The van der Waals surface area contributed by atoms with Gasteiger partial charge in [-0.2, -0.15) is 0 Å². The Morgan fingerprint density at radius 1 is 0.825 bits per heavy atom. The molecule has 20 heteroatoms. The summed E-state index contributed by atoms with van der Waals surface area (Å²) in [4.78, 5) is 81.6. The van der Waals surface area contributed by atoms with E-state index in [1.54, 1.807) is 13.1 Å². The lowest BCUT2D eigenvalue weighted by molar-refractivity contribution is -0.385. The maximum atomic E-state index is 13.3. The van der Waals surface area contributed by atoms with Crippen molar-refractivity contribution in [1.29, 1.82) is 0 Å². The molecule has 0 radical (unpaired) electrons. The van der Waals surface area contributed by atoms with Gasteiger partial charge in [-0.05, 0) is 49.2 Å². The van der Waals surface area contributed by atoms with Crippen LogP contribution in [0.5, 0.6) is 0 Å². The van der Waals surface area contributed by atoms with Crippen LogP contribution in [0.1, 0.15) is 37.8 Å². The summed E-state index contributed by atoms with van der Waals surface area (Å²) in [5.74, 6) is -2.59. The number of fused-ring (bicyclic) bond motifs is 2. The number of esters is 2. The predicted molar refractivity (Wildman–Crippen MR) is 207 cm³/mol. The highest BCUT2D eigenvalue weighted by molar-refractivity contribution is 8.03. The van der Waals surface area contributed by atoms with Gasteiger partial charge in [0, 0.05) is 72.0 Å². The quantitative estimate of drug-likeness (QED) is 0.0460. The first-order chi connectivity index (χ1) is 27.3. The molecule has 4 aliphatic heterocycles. The van der Waals surface area contributed by atoms with E-state index in [0.29, 0.717) is 52.6 Å². The van der Waals surface area contributed by atoms with E-state index in [-0.39, 0.29) is 65.8 Å². The van der Waals surface area contributed by atoms with Crippen molar-refractivity contribution < 1.29 is 48.7 Å². The molecule has 2 aromatic rings. The van der Waals surface area contributed by atoms with Crippen LogP contribution < -0.4 is 5.32 Å². The number of amides is 2. The lowest BCUT2D eigenvalue weighted by Crippen LogP contribution is -2.61. The summed E-state index contributed by atoms with van der Waals surface area (Å²) in [6.45, 7) is 3.71. The van der Waals surface area contributed by atoms with Crippen molar-refractivity contribution in [3.63, 3.8) is 0 Å². The van der Waals surface area contributed by atoms with E-state index in [2.05, 4.69) is 10.3 Å². The van der Waals surface area contributed by atoms with Crippen molar-refractivity contribution in [1.82, 2.24) is 15.1 Å². The van der Waals surface area contributed by atoms with Gasteiger partial charge in [-0.15, -0.1) is 23.5 Å². The summed E-state index contributed by atoms with van der Waals surface area (Å²) < 4.78 is 11.0. The first-order valence-corrected chi connectivity index (χ1v) is 20.0. The van der Waals surface area contributed by atoms with Crippen LogP contribution in [0.3, 0.4) is 0 Å². The average Bonchev–Trinajstić information content (AvgIpc) is 3.67. The van der Waals surface area contributed by atoms with Gasteiger partial charge in [0.05, 0.1) is 51.9 Å². The zero-order valence-electron chi connectivity index (χ0n) is 30.8. The molecule has 2 aromatic carbocycles. The van der Waals surface area contributed by atoms with Crippen LogP contribution in [-0.4, -0.2) is 109 Å². The van der Waals surface area contributed by atoms with E-state index in [1.165, 1.54) is 88.8 Å². The summed E-state index contributed by atoms with van der Waals surface area (Å²) in [5, 5.41) is 45.5. The molecule has 3 N–H and O–H groups in total. The molecule has 0 bridgehead atoms. The minimum Gasteiger partial charge on any atom is -0.456 e. The maximum Gasteiger partial charge on any atom is 0.356 e. The monoisotopic (exact) mass is 824 g/mol. The number of non-ortho nitro benzene ring substituents is 2. The number of aliphatic hydroxyl groups is 2. The van der Waals surface area contributed by atoms with Crippen molar-refractivity contribution in [2.75, 3.05) is 24.7 Å². The van der Waals surface area contributed by atoms with Crippen molar-refractivity contribution >= 4 is 64.9 Å². The summed E-state index contributed by atoms with van der Waals surface area (Å²) in [5.41, 5.74) is 1.16. The van der Waals surface area contributed by atoms with Crippen LogP contribution in [-0.2, 0) is 41.9 Å². The van der Waals surface area contributed by atoms with Crippen molar-refractivity contribution in [2.24, 2.45) is 16.8 Å². The summed E-state index contributed by atoms with van der Waals surface area (Å²) in [6.07, 6.45) is 0.668. The van der Waals surface area contributed by atoms with E-state index in [4.69, 9.17) is 9.47 Å². The Kier molecular flexibility index (Phi) is 13.1. The molecular weight excluding hydrogens is 785 g/mol. The highest BCUT2D eigenvalue weighted by atomic mass is 32.2. The van der Waals surface area contributed by atoms with Gasteiger partial charge in [-0.1, -0.05) is 0 Å². The second-order valence-electron chi connectivity index (χ2n) is 13.7. The molecule has 302 valence electrons. The number of benzene rings is 2. The third-order valence-electron chi connectivity index (χ3n) is 10.0. The topological polar surface area (TPSA) is 244 Å². The van der Waals surface area contributed by atoms with Gasteiger partial charge in [0.25, 0.3) is 11.4 Å². The minimum absolute atomic E-state index is 0.0919. The van der Waals surface area contributed by atoms with Gasteiger partial charge in [-0.25, -0.2) is 9.59 Å². The third-order valence-corrected chi connectivity index (χ3v) is 12.1. The number of aliphatic imine (C=N–C) groups is 1. The number of nitro benzene ring substituents is 2. The highest BCUT2D eigenvalue weighted by Crippen LogP contribution is 2.48. The van der Waals surface area contributed by atoms with Gasteiger partial charge < -0.3 is 34.8 Å². The van der Waals surface area contributed by atoms with Crippen LogP contribution in [0.15, 0.2) is 74.7 Å². The Morgan fingerprint density at radius 2 is 1.26 bits per heavy atom. The number of nitrogens with one attached hydrogen (secondary N) is 1. The Labute approximate surface area is 334 Å². The fourth-order valence-corrected chi connectivity index (χ4v) is 9.25. The average molecular weight is 825 g/mol. The SMILES string of the molecule is C[C@H](O)C1C(=O)N2C(C(=O)OCc3ccc([N+](=O)[O-])cc3)=C(SCCNCC=NCSC3=C(C(=O)OCc4ccc([N+](=O)[O-])cc4)N4C(=O)C([C@@H](C)O)[C@H]4C3)C[C@@H]12. The number of carbonyl (C=O) groups excluding carboxylic acids is 4. The summed E-state index contributed by atoms with van der Waals surface area (Å²) in [6, 6.07) is 10.5. The molecular formula is C37H40N6O12S2. The fourth-order valence-electron chi connectivity index (χ4n) is 7.21. The molecule has 6 rings (SSSR count). The molecule has 18 nitrogen and oxygen atoms in total. The molecule has 2 fully saturated rings. The molecule has 2 unspecified atom stereocenters. The molecule has 0 aromatic heterocycles. The smallest absolute Gasteiger partial charge is 0.356 e. The standard InChI is InChI=1S/C37H40N6O12S2/c1-20(44)30-26-15-28(32(40(26)34(30)46)36(48)54-17-22-3-7-24(8-4-22)42(50)51)56-14-13-38-11-12-39-19-57-29-16-27-31(21(2)45)35(47)41(27)33(29)37(49)55-18-23-5-9-25(10-6-23)43(52)53/h3-10,12,20-21,26-27,30-31,38,44-45H,11,13-19H2,1-2H3/t20-,21+,26-,27+,30?,31?/m0/s1. The molecule has 4 heterocycles. The number of hydrogen-bond donors (Lipinski definition) is 3. The Balaban J connectivity index is 0.991. The van der Waals surface area contributed by atoms with E-state index in [9.17, 15) is 49.6 Å². The highest BCUT2D eigenvalue weighted by Gasteiger charge is 2.58. The number of nitro groups is 2. The number of hydrogen-bond acceptors (Lipinski definition) is 16. The lowest BCUT2D eigenvalue weighted by atomic mass is 9.83. The molecule has 4 aliphatic rings. The van der Waals surface area contributed by atoms with E-state index >= 15 is 0 Å². The van der Waals surface area contributed by atoms with E-state index < -0.39 is 45.8 Å². The molecule has 0 saturated carbocycles. The Bertz CT molecular complexity index is 2020. The Hall–Kier alpha value is -5.15. The number of thioether (sulfide) groups is 2. The number of nitrogens with zero attached hydrogens (tertiary/aromatic N) is 5. The number of rotatable bonds is 19. The number of ether oxygens (including phenoxy) is 2. The van der Waals surface area contributed by atoms with Crippen molar-refractivity contribution in [3.8, 4) is 0 Å². The van der Waals surface area contributed by atoms with Gasteiger partial charge in [0.15, 0.2) is 0 Å². The largest absolute Gasteiger partial charge is 0.456 e. The van der Waals surface area contributed by atoms with E-state index in [0.717, 1.165) is 0 Å². The normalized spacial score (nSPS) is 22.2. The fraction of sp³-hybridized carbons (Fsp3) is 0.432. The third kappa shape index (κ3) is 8.89. The molecule has 6 atom stereocenters. The molecule has 0 spiro atoms. The first-order valence-electron chi connectivity index (χ1n) is 18.0. The number of carbonyl (C=O) groups is 4. The lowest BCUT2D eigenvalue weighted by Gasteiger charge is -2.44. The van der Waals surface area contributed by atoms with Crippen molar-refractivity contribution in [2.45, 2.75) is 64.2 Å². The number of β-lactam (4-membered cyclic amide) rings is 2. The van der Waals surface area contributed by atoms with Crippen LogP contribution in [0, 0.1) is 32.1 Å². The Morgan fingerprint density at radius 3 is 1.68 bits per heavy atom. The zero-order chi connectivity index (χ0) is 41.0. The van der Waals surface area contributed by atoms with Crippen molar-refractivity contribution in [3.05, 3.63) is 101 Å². The second-order valence-corrected chi connectivity index (χ2v) is 16.0. The number of aliphatic hydroxyl groups excluding tert-OH is 2. The summed E-state index contributed by atoms with van der Waals surface area (Å²) >= 11 is 2.68. The van der Waals surface area contributed by atoms with E-state index in [1.807, 2.05) is 0 Å². The minimum atomic E-state index is -0.890. The van der Waals surface area contributed by atoms with Crippen LogP contribution in [0.2, 0.25) is 0 Å². The molecule has 2 amide bonds. The first kappa shape index (κ1) is 41.5. The van der Waals surface area contributed by atoms with Gasteiger partial charge in [-0.3, -0.25) is 34.8 Å². The van der Waals surface area contributed by atoms with Crippen LogP contribution in [0.25, 0.3) is 0 Å². The van der Waals surface area contributed by atoms with Crippen LogP contribution in [0.4, 0.5) is 11.4 Å². The zero-order valence-corrected chi connectivity index (χ0v) is 32.5. The maximum absolute atomic E-state index is 13.3.